The number of carbonyl (C=O) groups is 1. The fourth-order valence-electron chi connectivity index (χ4n) is 2.39. The number of hydrogen-bond donors (Lipinski definition) is 1. The van der Waals surface area contributed by atoms with Crippen molar-refractivity contribution in [2.45, 2.75) is 18.9 Å². The summed E-state index contributed by atoms with van der Waals surface area (Å²) < 4.78 is 0. The topological polar surface area (TPSA) is 62.5 Å². The van der Waals surface area contributed by atoms with Crippen LogP contribution in [0.1, 0.15) is 28.9 Å². The third kappa shape index (κ3) is 3.32. The van der Waals surface area contributed by atoms with Gasteiger partial charge in [-0.2, -0.15) is 0 Å². The Labute approximate surface area is 124 Å². The molecule has 1 amide bonds. The number of hydrogen-bond acceptors (Lipinski definition) is 4. The minimum Gasteiger partial charge on any atom is -0.389 e. The number of thiocarbonyl (C=S) groups is 1. The third-order valence-electron chi connectivity index (χ3n) is 3.82. The Morgan fingerprint density at radius 1 is 1.45 bits per heavy atom. The fraction of sp³-hybridized carbons (Fsp3) is 0.500. The van der Waals surface area contributed by atoms with Gasteiger partial charge in [-0.05, 0) is 45.1 Å². The maximum absolute atomic E-state index is 12.4. The molecule has 1 aliphatic rings. The molecule has 0 radical (unpaired) electrons. The Hall–Kier alpha value is -1.53. The van der Waals surface area contributed by atoms with Crippen molar-refractivity contribution in [3.63, 3.8) is 0 Å². The van der Waals surface area contributed by atoms with Crippen LogP contribution in [0.25, 0.3) is 0 Å². The summed E-state index contributed by atoms with van der Waals surface area (Å²) in [6, 6.07) is 3.71. The number of aromatic nitrogens is 1. The van der Waals surface area contributed by atoms with E-state index in [0.29, 0.717) is 16.2 Å². The molecule has 20 heavy (non-hydrogen) atoms. The minimum absolute atomic E-state index is 0.0472. The van der Waals surface area contributed by atoms with Gasteiger partial charge in [0, 0.05) is 24.8 Å². The number of nitrogens with zero attached hydrogens (tertiary/aromatic N) is 3. The Balaban J connectivity index is 2.04. The van der Waals surface area contributed by atoms with E-state index in [1.54, 1.807) is 23.2 Å². The molecule has 1 aliphatic heterocycles. The average molecular weight is 292 g/mol. The average Bonchev–Trinajstić information content (AvgIpc) is 2.46. The number of piperidine rings is 1. The first-order valence-electron chi connectivity index (χ1n) is 6.70. The first kappa shape index (κ1) is 14.9. The Morgan fingerprint density at radius 2 is 2.10 bits per heavy atom. The van der Waals surface area contributed by atoms with E-state index in [1.807, 2.05) is 7.05 Å². The van der Waals surface area contributed by atoms with Crippen molar-refractivity contribution in [3.8, 4) is 0 Å². The van der Waals surface area contributed by atoms with Crippen LogP contribution in [-0.4, -0.2) is 58.9 Å². The zero-order valence-electron chi connectivity index (χ0n) is 11.9. The maximum Gasteiger partial charge on any atom is 0.272 e. The Kier molecular flexibility index (Phi) is 4.67. The van der Waals surface area contributed by atoms with Crippen LogP contribution < -0.4 is 5.73 Å². The van der Waals surface area contributed by atoms with Gasteiger partial charge in [0.25, 0.3) is 5.91 Å². The molecule has 1 saturated heterocycles. The van der Waals surface area contributed by atoms with Crippen molar-refractivity contribution in [1.29, 1.82) is 0 Å². The molecule has 1 aromatic heterocycles. The lowest BCUT2D eigenvalue weighted by Crippen LogP contribution is -2.44. The van der Waals surface area contributed by atoms with Gasteiger partial charge >= 0.3 is 0 Å². The lowest BCUT2D eigenvalue weighted by atomic mass is 10.0. The molecular formula is C14H20N4OS. The van der Waals surface area contributed by atoms with Crippen LogP contribution in [0.4, 0.5) is 0 Å². The highest BCUT2D eigenvalue weighted by atomic mass is 32.1. The molecule has 2 N–H and O–H groups in total. The summed E-state index contributed by atoms with van der Waals surface area (Å²) in [6.07, 6.45) is 3.56. The van der Waals surface area contributed by atoms with Gasteiger partial charge in [-0.1, -0.05) is 12.2 Å². The second kappa shape index (κ2) is 6.28. The normalized spacial score (nSPS) is 16.9. The van der Waals surface area contributed by atoms with Crippen LogP contribution in [0.3, 0.4) is 0 Å². The summed E-state index contributed by atoms with van der Waals surface area (Å²) >= 11 is 4.87. The van der Waals surface area contributed by atoms with E-state index in [2.05, 4.69) is 16.9 Å². The predicted octanol–water partition coefficient (Wildman–Crippen LogP) is 0.882. The quantitative estimate of drug-likeness (QED) is 0.838. The van der Waals surface area contributed by atoms with Crippen LogP contribution in [0.5, 0.6) is 0 Å². The smallest absolute Gasteiger partial charge is 0.272 e. The van der Waals surface area contributed by atoms with Gasteiger partial charge in [0.2, 0.25) is 0 Å². The van der Waals surface area contributed by atoms with Crippen molar-refractivity contribution in [3.05, 3.63) is 29.6 Å². The van der Waals surface area contributed by atoms with E-state index in [0.717, 1.165) is 25.9 Å². The molecule has 5 nitrogen and oxygen atoms in total. The second-order valence-corrected chi connectivity index (χ2v) is 5.69. The molecule has 0 atom stereocenters. The fourth-order valence-corrected chi connectivity index (χ4v) is 2.52. The van der Waals surface area contributed by atoms with E-state index < -0.39 is 0 Å². The predicted molar refractivity (Wildman–Crippen MR) is 82.7 cm³/mol. The number of carbonyl (C=O) groups excluding carboxylic acids is 1. The zero-order chi connectivity index (χ0) is 14.7. The largest absolute Gasteiger partial charge is 0.389 e. The third-order valence-corrected chi connectivity index (χ3v) is 4.06. The van der Waals surface area contributed by atoms with Crippen molar-refractivity contribution >= 4 is 23.1 Å². The van der Waals surface area contributed by atoms with E-state index in [-0.39, 0.29) is 11.9 Å². The second-order valence-electron chi connectivity index (χ2n) is 5.25. The Bertz CT molecular complexity index is 494. The van der Waals surface area contributed by atoms with Gasteiger partial charge in [0.1, 0.15) is 10.7 Å². The highest BCUT2D eigenvalue weighted by Crippen LogP contribution is 2.16. The first-order chi connectivity index (χ1) is 9.49. The molecule has 0 aromatic carbocycles. The molecule has 2 heterocycles. The molecule has 0 spiro atoms. The summed E-state index contributed by atoms with van der Waals surface area (Å²) in [5.41, 5.74) is 6.64. The van der Waals surface area contributed by atoms with E-state index in [1.165, 1.54) is 0 Å². The van der Waals surface area contributed by atoms with E-state index in [4.69, 9.17) is 18.0 Å². The first-order valence-corrected chi connectivity index (χ1v) is 7.11. The summed E-state index contributed by atoms with van der Waals surface area (Å²) in [7, 11) is 3.95. The lowest BCUT2D eigenvalue weighted by molar-refractivity contribution is 0.0654. The standard InChI is InChI=1S/C14H20N4OS/c1-17-7-5-11(6-8-17)18(2)14(19)12-4-3-10(9-16-12)13(15)20/h3-4,9,11H,5-8H2,1-2H3,(H2,15,20). The number of likely N-dealkylation sites (tertiary alicyclic amines) is 1. The molecule has 0 aliphatic carbocycles. The van der Waals surface area contributed by atoms with Gasteiger partial charge in [-0.3, -0.25) is 9.78 Å². The van der Waals surface area contributed by atoms with Crippen LogP contribution >= 0.6 is 12.2 Å². The summed E-state index contributed by atoms with van der Waals surface area (Å²) in [5, 5.41) is 0. The molecule has 0 unspecified atom stereocenters. The Morgan fingerprint density at radius 3 is 2.60 bits per heavy atom. The van der Waals surface area contributed by atoms with E-state index >= 15 is 0 Å². The van der Waals surface area contributed by atoms with Gasteiger partial charge in [-0.25, -0.2) is 0 Å². The summed E-state index contributed by atoms with van der Waals surface area (Å²) in [6.45, 7) is 2.05. The molecule has 1 aromatic rings. The monoisotopic (exact) mass is 292 g/mol. The SMILES string of the molecule is CN1CCC(N(C)C(=O)c2ccc(C(N)=S)cn2)CC1. The maximum atomic E-state index is 12.4. The van der Waals surface area contributed by atoms with Crippen LogP contribution in [-0.2, 0) is 0 Å². The highest BCUT2D eigenvalue weighted by molar-refractivity contribution is 7.80. The van der Waals surface area contributed by atoms with Crippen molar-refractivity contribution in [2.24, 2.45) is 5.73 Å². The van der Waals surface area contributed by atoms with Crippen LogP contribution in [0.2, 0.25) is 0 Å². The number of pyridine rings is 1. The van der Waals surface area contributed by atoms with Gasteiger partial charge in [0.15, 0.2) is 0 Å². The van der Waals surface area contributed by atoms with Gasteiger partial charge in [-0.15, -0.1) is 0 Å². The van der Waals surface area contributed by atoms with Crippen LogP contribution in [0, 0.1) is 0 Å². The molecule has 1 fully saturated rings. The lowest BCUT2D eigenvalue weighted by Gasteiger charge is -2.34. The van der Waals surface area contributed by atoms with Crippen molar-refractivity contribution in [1.82, 2.24) is 14.8 Å². The molecule has 6 heteroatoms. The highest BCUT2D eigenvalue weighted by Gasteiger charge is 2.25. The molecular weight excluding hydrogens is 272 g/mol. The molecule has 108 valence electrons. The molecule has 2 rings (SSSR count). The summed E-state index contributed by atoms with van der Waals surface area (Å²) in [5.74, 6) is -0.0472. The van der Waals surface area contributed by atoms with Gasteiger partial charge < -0.3 is 15.5 Å². The van der Waals surface area contributed by atoms with Gasteiger partial charge in [0.05, 0.1) is 0 Å². The summed E-state index contributed by atoms with van der Waals surface area (Å²) in [4.78, 5) is 20.9. The number of nitrogens with two attached hydrogens (primary N) is 1. The van der Waals surface area contributed by atoms with E-state index in [9.17, 15) is 4.79 Å². The number of rotatable bonds is 3. The molecule has 0 saturated carbocycles. The number of amides is 1. The zero-order valence-corrected chi connectivity index (χ0v) is 12.7. The van der Waals surface area contributed by atoms with Crippen LogP contribution in [0.15, 0.2) is 18.3 Å². The van der Waals surface area contributed by atoms with Crippen molar-refractivity contribution in [2.75, 3.05) is 27.2 Å². The molecule has 0 bridgehead atoms. The van der Waals surface area contributed by atoms with Crippen molar-refractivity contribution < 1.29 is 4.79 Å². The minimum atomic E-state index is -0.0472.